The summed E-state index contributed by atoms with van der Waals surface area (Å²) < 4.78 is 1.93. The lowest BCUT2D eigenvalue weighted by atomic mass is 9.88. The highest BCUT2D eigenvalue weighted by Crippen LogP contribution is 2.25. The van der Waals surface area contributed by atoms with Crippen LogP contribution in [0.5, 0.6) is 0 Å². The van der Waals surface area contributed by atoms with Gasteiger partial charge in [0.2, 0.25) is 0 Å². The molecule has 116 valence electrons. The molecule has 1 aromatic heterocycles. The predicted molar refractivity (Wildman–Crippen MR) is 83.8 cm³/mol. The van der Waals surface area contributed by atoms with Crippen molar-refractivity contribution in [3.63, 3.8) is 0 Å². The molecule has 0 aliphatic carbocycles. The van der Waals surface area contributed by atoms with E-state index >= 15 is 0 Å². The summed E-state index contributed by atoms with van der Waals surface area (Å²) in [6.45, 7) is 13.1. The van der Waals surface area contributed by atoms with Crippen LogP contribution in [0, 0.1) is 19.8 Å². The maximum Gasteiger partial charge on any atom is 0.0769 e. The molecule has 4 nitrogen and oxygen atoms in total. The Morgan fingerprint density at radius 2 is 1.90 bits per heavy atom. The van der Waals surface area contributed by atoms with Crippen molar-refractivity contribution in [1.82, 2.24) is 15.1 Å². The van der Waals surface area contributed by atoms with Crippen molar-refractivity contribution in [2.45, 2.75) is 66.0 Å². The molecule has 0 aromatic carbocycles. The first kappa shape index (κ1) is 17.2. The molecule has 1 heterocycles. The van der Waals surface area contributed by atoms with Crippen molar-refractivity contribution in [3.05, 3.63) is 17.0 Å². The topological polar surface area (TPSA) is 50.1 Å². The lowest BCUT2D eigenvalue weighted by Crippen LogP contribution is -2.44. The third-order valence-electron chi connectivity index (χ3n) is 4.70. The maximum atomic E-state index is 10.5. The van der Waals surface area contributed by atoms with E-state index in [1.54, 1.807) is 0 Å². The van der Waals surface area contributed by atoms with Crippen molar-refractivity contribution >= 4 is 0 Å². The SMILES string of the molecule is CCC(NCC(C)(O)C(C)CC)c1c(C)nn(C)c1C. The molecule has 0 saturated carbocycles. The number of aliphatic hydroxyl groups is 1. The fourth-order valence-electron chi connectivity index (χ4n) is 2.69. The van der Waals surface area contributed by atoms with E-state index < -0.39 is 5.60 Å². The number of rotatable bonds is 7. The fourth-order valence-corrected chi connectivity index (χ4v) is 2.69. The standard InChI is InChI=1S/C16H31N3O/c1-8-11(3)16(6,20)10-17-14(9-2)15-12(4)18-19(7)13(15)5/h11,14,17,20H,8-10H2,1-7H3. The van der Waals surface area contributed by atoms with Crippen LogP contribution >= 0.6 is 0 Å². The average Bonchev–Trinajstić information content (AvgIpc) is 2.64. The van der Waals surface area contributed by atoms with E-state index in [-0.39, 0.29) is 12.0 Å². The van der Waals surface area contributed by atoms with E-state index in [9.17, 15) is 5.11 Å². The summed E-state index contributed by atoms with van der Waals surface area (Å²) in [7, 11) is 1.98. The molecule has 3 unspecified atom stereocenters. The number of aryl methyl sites for hydroxylation is 2. The van der Waals surface area contributed by atoms with E-state index in [1.807, 2.05) is 18.7 Å². The van der Waals surface area contributed by atoms with Crippen LogP contribution in [-0.2, 0) is 7.05 Å². The molecular formula is C16H31N3O. The van der Waals surface area contributed by atoms with Gasteiger partial charge in [-0.3, -0.25) is 4.68 Å². The van der Waals surface area contributed by atoms with Gasteiger partial charge in [-0.1, -0.05) is 27.2 Å². The number of nitrogens with one attached hydrogen (secondary N) is 1. The van der Waals surface area contributed by atoms with Gasteiger partial charge in [0.05, 0.1) is 11.3 Å². The van der Waals surface area contributed by atoms with Gasteiger partial charge in [0.15, 0.2) is 0 Å². The van der Waals surface area contributed by atoms with Gasteiger partial charge in [-0.15, -0.1) is 0 Å². The third-order valence-corrected chi connectivity index (χ3v) is 4.70. The first-order chi connectivity index (χ1) is 9.24. The van der Waals surface area contributed by atoms with E-state index in [0.29, 0.717) is 6.54 Å². The van der Waals surface area contributed by atoms with E-state index in [0.717, 1.165) is 18.5 Å². The molecule has 2 N–H and O–H groups in total. The van der Waals surface area contributed by atoms with Crippen molar-refractivity contribution in [3.8, 4) is 0 Å². The van der Waals surface area contributed by atoms with Gasteiger partial charge < -0.3 is 10.4 Å². The number of hydrogen-bond acceptors (Lipinski definition) is 3. The Morgan fingerprint density at radius 1 is 1.30 bits per heavy atom. The summed E-state index contributed by atoms with van der Waals surface area (Å²) >= 11 is 0. The van der Waals surface area contributed by atoms with Gasteiger partial charge in [0, 0.05) is 30.9 Å². The largest absolute Gasteiger partial charge is 0.389 e. The Hall–Kier alpha value is -0.870. The second kappa shape index (κ2) is 6.72. The lowest BCUT2D eigenvalue weighted by Gasteiger charge is -2.32. The van der Waals surface area contributed by atoms with Gasteiger partial charge in [0.25, 0.3) is 0 Å². The first-order valence-corrected chi connectivity index (χ1v) is 7.70. The maximum absolute atomic E-state index is 10.5. The molecule has 0 radical (unpaired) electrons. The smallest absolute Gasteiger partial charge is 0.0769 e. The highest BCUT2D eigenvalue weighted by Gasteiger charge is 2.28. The van der Waals surface area contributed by atoms with Gasteiger partial charge >= 0.3 is 0 Å². The molecular weight excluding hydrogens is 250 g/mol. The van der Waals surface area contributed by atoms with E-state index in [4.69, 9.17) is 0 Å². The Kier molecular flexibility index (Phi) is 5.78. The molecule has 0 aliphatic heterocycles. The molecule has 0 bridgehead atoms. The minimum absolute atomic E-state index is 0.249. The molecule has 0 saturated heterocycles. The first-order valence-electron chi connectivity index (χ1n) is 7.70. The second-order valence-corrected chi connectivity index (χ2v) is 6.22. The summed E-state index contributed by atoms with van der Waals surface area (Å²) in [6, 6.07) is 0.249. The van der Waals surface area contributed by atoms with Crippen molar-refractivity contribution in [2.24, 2.45) is 13.0 Å². The molecule has 1 aromatic rings. The minimum atomic E-state index is -0.674. The highest BCUT2D eigenvalue weighted by molar-refractivity contribution is 5.28. The van der Waals surface area contributed by atoms with Gasteiger partial charge in [-0.2, -0.15) is 5.10 Å². The van der Waals surface area contributed by atoms with Crippen LogP contribution in [0.4, 0.5) is 0 Å². The lowest BCUT2D eigenvalue weighted by molar-refractivity contribution is 0.00308. The zero-order valence-electron chi connectivity index (χ0n) is 14.1. The van der Waals surface area contributed by atoms with Crippen molar-refractivity contribution in [1.29, 1.82) is 0 Å². The van der Waals surface area contributed by atoms with Crippen LogP contribution in [0.1, 0.15) is 63.5 Å². The van der Waals surface area contributed by atoms with Crippen LogP contribution < -0.4 is 5.32 Å². The molecule has 1 rings (SSSR count). The number of nitrogens with zero attached hydrogens (tertiary/aromatic N) is 2. The van der Waals surface area contributed by atoms with Crippen LogP contribution in [0.2, 0.25) is 0 Å². The molecule has 0 spiro atoms. The number of aromatic nitrogens is 2. The van der Waals surface area contributed by atoms with Crippen molar-refractivity contribution < 1.29 is 5.11 Å². The molecule has 3 atom stereocenters. The minimum Gasteiger partial charge on any atom is -0.389 e. The summed E-state index contributed by atoms with van der Waals surface area (Å²) in [5.74, 6) is 0.281. The predicted octanol–water partition coefficient (Wildman–Crippen LogP) is 2.87. The van der Waals surface area contributed by atoms with Gasteiger partial charge in [0.1, 0.15) is 0 Å². The zero-order valence-corrected chi connectivity index (χ0v) is 14.1. The van der Waals surface area contributed by atoms with Crippen LogP contribution in [-0.4, -0.2) is 27.0 Å². The number of hydrogen-bond donors (Lipinski definition) is 2. The van der Waals surface area contributed by atoms with Crippen LogP contribution in [0.15, 0.2) is 0 Å². The summed E-state index contributed by atoms with van der Waals surface area (Å²) in [5, 5.41) is 18.6. The Balaban J connectivity index is 2.83. The quantitative estimate of drug-likeness (QED) is 0.808. The van der Waals surface area contributed by atoms with Crippen molar-refractivity contribution in [2.75, 3.05) is 6.54 Å². The Labute approximate surface area is 123 Å². The average molecular weight is 281 g/mol. The molecule has 20 heavy (non-hydrogen) atoms. The second-order valence-electron chi connectivity index (χ2n) is 6.22. The Morgan fingerprint density at radius 3 is 2.30 bits per heavy atom. The highest BCUT2D eigenvalue weighted by atomic mass is 16.3. The molecule has 4 heteroatoms. The monoisotopic (exact) mass is 281 g/mol. The summed E-state index contributed by atoms with van der Waals surface area (Å²) in [4.78, 5) is 0. The fraction of sp³-hybridized carbons (Fsp3) is 0.812. The molecule has 0 amide bonds. The van der Waals surface area contributed by atoms with Crippen LogP contribution in [0.25, 0.3) is 0 Å². The summed E-state index contributed by atoms with van der Waals surface area (Å²) in [5.41, 5.74) is 2.87. The van der Waals surface area contributed by atoms with E-state index in [1.165, 1.54) is 11.3 Å². The van der Waals surface area contributed by atoms with E-state index in [2.05, 4.69) is 45.0 Å². The normalized spacial score (nSPS) is 17.8. The van der Waals surface area contributed by atoms with Gasteiger partial charge in [-0.25, -0.2) is 0 Å². The van der Waals surface area contributed by atoms with Gasteiger partial charge in [-0.05, 0) is 33.1 Å². The molecule has 0 fully saturated rings. The summed E-state index contributed by atoms with van der Waals surface area (Å²) in [6.07, 6.45) is 1.97. The van der Waals surface area contributed by atoms with Crippen LogP contribution in [0.3, 0.4) is 0 Å². The third kappa shape index (κ3) is 3.61. The molecule has 0 aliphatic rings. The zero-order chi connectivity index (χ0) is 15.5. The Bertz CT molecular complexity index is 437.